The molecule has 1 aromatic heterocycles. The second-order valence-electron chi connectivity index (χ2n) is 7.12. The molecule has 0 spiro atoms. The molecule has 0 amide bonds. The van der Waals surface area contributed by atoms with Crippen LogP contribution in [0.4, 0.5) is 5.69 Å². The molecule has 0 aliphatic heterocycles. The third kappa shape index (κ3) is 4.98. The molecule has 0 atom stereocenters. The van der Waals surface area contributed by atoms with Gasteiger partial charge in [-0.3, -0.25) is 0 Å². The van der Waals surface area contributed by atoms with E-state index in [4.69, 9.17) is 14.5 Å². The van der Waals surface area contributed by atoms with Crippen molar-refractivity contribution < 1.29 is 14.3 Å². The van der Waals surface area contributed by atoms with Gasteiger partial charge in [-0.1, -0.05) is 36.4 Å². The highest BCUT2D eigenvalue weighted by Gasteiger charge is 2.14. The maximum absolute atomic E-state index is 12.4. The van der Waals surface area contributed by atoms with Crippen molar-refractivity contribution in [2.24, 2.45) is 4.99 Å². The highest BCUT2D eigenvalue weighted by molar-refractivity contribution is 7.09. The van der Waals surface area contributed by atoms with Gasteiger partial charge in [-0.25, -0.2) is 9.79 Å². The molecule has 0 N–H and O–H groups in total. The van der Waals surface area contributed by atoms with Gasteiger partial charge in [0.15, 0.2) is 4.80 Å². The van der Waals surface area contributed by atoms with Crippen molar-refractivity contribution in [2.45, 2.75) is 13.5 Å². The summed E-state index contributed by atoms with van der Waals surface area (Å²) in [5, 5.41) is 0. The van der Waals surface area contributed by atoms with Crippen LogP contribution in [-0.4, -0.2) is 24.3 Å². The number of hydrogen-bond acceptors (Lipinski definition) is 5. The standard InChI is InChI=1S/C26H24N2O3S/c1-19-24(20-13-15-23(30-2)16-14-20)28(26(32-19)27-22-11-7-4-8-12-22)17-18-31-25(29)21-9-5-3-6-10-21/h3-16H,17-18H2,1-2H3. The molecule has 0 bridgehead atoms. The van der Waals surface area contributed by atoms with Gasteiger partial charge < -0.3 is 14.0 Å². The van der Waals surface area contributed by atoms with E-state index >= 15 is 0 Å². The monoisotopic (exact) mass is 444 g/mol. The molecule has 0 radical (unpaired) electrons. The Kier molecular flexibility index (Phi) is 6.82. The lowest BCUT2D eigenvalue weighted by Gasteiger charge is -2.12. The zero-order valence-electron chi connectivity index (χ0n) is 18.0. The first-order valence-electron chi connectivity index (χ1n) is 10.3. The fourth-order valence-electron chi connectivity index (χ4n) is 3.42. The Hall–Kier alpha value is -3.64. The van der Waals surface area contributed by atoms with Crippen molar-refractivity contribution in [3.63, 3.8) is 0 Å². The predicted molar refractivity (Wildman–Crippen MR) is 127 cm³/mol. The van der Waals surface area contributed by atoms with Crippen molar-refractivity contribution in [2.75, 3.05) is 13.7 Å². The molecule has 3 aromatic carbocycles. The first-order chi connectivity index (χ1) is 15.7. The Morgan fingerprint density at radius 1 is 0.938 bits per heavy atom. The third-order valence-corrected chi connectivity index (χ3v) is 5.97. The van der Waals surface area contributed by atoms with Crippen LogP contribution in [0, 0.1) is 6.92 Å². The van der Waals surface area contributed by atoms with Gasteiger partial charge in [-0.2, -0.15) is 0 Å². The van der Waals surface area contributed by atoms with Gasteiger partial charge in [-0.15, -0.1) is 11.3 Å². The van der Waals surface area contributed by atoms with Crippen molar-refractivity contribution in [1.29, 1.82) is 0 Å². The van der Waals surface area contributed by atoms with Crippen LogP contribution in [0.5, 0.6) is 5.75 Å². The van der Waals surface area contributed by atoms with Crippen LogP contribution in [0.25, 0.3) is 11.3 Å². The Labute approximate surface area is 191 Å². The SMILES string of the molecule is COc1ccc(-c2c(C)sc(=Nc3ccccc3)n2CCOC(=O)c2ccccc2)cc1. The zero-order chi connectivity index (χ0) is 22.3. The average Bonchev–Trinajstić information content (AvgIpc) is 3.14. The van der Waals surface area contributed by atoms with Gasteiger partial charge in [0.05, 0.1) is 30.6 Å². The number of benzene rings is 3. The first-order valence-corrected chi connectivity index (χ1v) is 11.1. The number of methoxy groups -OCH3 is 1. The predicted octanol–water partition coefficient (Wildman–Crippen LogP) is 5.62. The fraction of sp³-hybridized carbons (Fsp3) is 0.154. The molecule has 0 saturated carbocycles. The molecule has 1 heterocycles. The van der Waals surface area contributed by atoms with E-state index < -0.39 is 0 Å². The summed E-state index contributed by atoms with van der Waals surface area (Å²) in [4.78, 5) is 19.2. The van der Waals surface area contributed by atoms with Gasteiger partial charge in [0.25, 0.3) is 0 Å². The molecule has 0 unspecified atom stereocenters. The van der Waals surface area contributed by atoms with Crippen LogP contribution in [0.3, 0.4) is 0 Å². The van der Waals surface area contributed by atoms with Crippen LogP contribution in [0.2, 0.25) is 0 Å². The molecule has 32 heavy (non-hydrogen) atoms. The number of carbonyl (C=O) groups excluding carboxylic acids is 1. The summed E-state index contributed by atoms with van der Waals surface area (Å²) in [6.45, 7) is 2.83. The first kappa shape index (κ1) is 21.6. The topological polar surface area (TPSA) is 52.8 Å². The Bertz CT molecular complexity index is 1240. The molecular weight excluding hydrogens is 420 g/mol. The minimum atomic E-state index is -0.328. The van der Waals surface area contributed by atoms with Crippen molar-refractivity contribution >= 4 is 23.0 Å². The lowest BCUT2D eigenvalue weighted by atomic mass is 10.1. The number of aromatic nitrogens is 1. The number of carbonyl (C=O) groups is 1. The van der Waals surface area contributed by atoms with E-state index in [-0.39, 0.29) is 12.6 Å². The summed E-state index contributed by atoms with van der Waals surface area (Å²) >= 11 is 1.62. The number of hydrogen-bond donors (Lipinski definition) is 0. The maximum atomic E-state index is 12.4. The summed E-state index contributed by atoms with van der Waals surface area (Å²) < 4.78 is 13.0. The lowest BCUT2D eigenvalue weighted by Crippen LogP contribution is -2.20. The van der Waals surface area contributed by atoms with Crippen LogP contribution in [0.15, 0.2) is 89.9 Å². The molecular formula is C26H24N2O3S. The largest absolute Gasteiger partial charge is 0.497 e. The van der Waals surface area contributed by atoms with Crippen molar-refractivity contribution in [3.05, 3.63) is 100 Å². The van der Waals surface area contributed by atoms with E-state index in [1.54, 1.807) is 30.6 Å². The highest BCUT2D eigenvalue weighted by Crippen LogP contribution is 2.27. The van der Waals surface area contributed by atoms with Crippen LogP contribution in [0.1, 0.15) is 15.2 Å². The summed E-state index contributed by atoms with van der Waals surface area (Å²) in [6.07, 6.45) is 0. The minimum Gasteiger partial charge on any atom is -0.497 e. The molecule has 162 valence electrons. The Balaban J connectivity index is 1.67. The smallest absolute Gasteiger partial charge is 0.338 e. The number of nitrogens with zero attached hydrogens (tertiary/aromatic N) is 2. The molecule has 5 nitrogen and oxygen atoms in total. The van der Waals surface area contributed by atoms with E-state index in [1.165, 1.54) is 0 Å². The number of rotatable bonds is 7. The third-order valence-electron chi connectivity index (χ3n) is 4.98. The average molecular weight is 445 g/mol. The number of esters is 1. The normalized spacial score (nSPS) is 11.4. The minimum absolute atomic E-state index is 0.245. The van der Waals surface area contributed by atoms with E-state index in [2.05, 4.69) is 11.5 Å². The van der Waals surface area contributed by atoms with Crippen LogP contribution >= 0.6 is 11.3 Å². The number of aryl methyl sites for hydroxylation is 1. The number of para-hydroxylation sites is 1. The fourth-order valence-corrected chi connectivity index (χ4v) is 4.47. The van der Waals surface area contributed by atoms with Gasteiger partial charge in [0.2, 0.25) is 0 Å². The second-order valence-corrected chi connectivity index (χ2v) is 8.30. The van der Waals surface area contributed by atoms with Gasteiger partial charge >= 0.3 is 5.97 Å². The van der Waals surface area contributed by atoms with E-state index in [0.29, 0.717) is 12.1 Å². The lowest BCUT2D eigenvalue weighted by molar-refractivity contribution is 0.0491. The summed E-state index contributed by atoms with van der Waals surface area (Å²) in [6, 6.07) is 26.8. The number of thiazole rings is 1. The van der Waals surface area contributed by atoms with Crippen molar-refractivity contribution in [3.8, 4) is 17.0 Å². The molecule has 0 fully saturated rings. The van der Waals surface area contributed by atoms with Gasteiger partial charge in [0, 0.05) is 4.88 Å². The molecule has 4 rings (SSSR count). The quantitative estimate of drug-likeness (QED) is 0.348. The van der Waals surface area contributed by atoms with E-state index in [9.17, 15) is 4.79 Å². The molecule has 0 aliphatic rings. The van der Waals surface area contributed by atoms with Crippen LogP contribution in [-0.2, 0) is 11.3 Å². The zero-order valence-corrected chi connectivity index (χ0v) is 18.8. The summed E-state index contributed by atoms with van der Waals surface area (Å²) in [5.74, 6) is 0.477. The van der Waals surface area contributed by atoms with Crippen molar-refractivity contribution in [1.82, 2.24) is 4.57 Å². The van der Waals surface area contributed by atoms with E-state index in [1.807, 2.05) is 72.8 Å². The molecule has 0 aliphatic carbocycles. The van der Waals surface area contributed by atoms with Crippen LogP contribution < -0.4 is 9.54 Å². The Morgan fingerprint density at radius 2 is 1.59 bits per heavy atom. The van der Waals surface area contributed by atoms with Gasteiger partial charge in [0.1, 0.15) is 12.4 Å². The Morgan fingerprint density at radius 3 is 2.25 bits per heavy atom. The molecule has 6 heteroatoms. The molecule has 0 saturated heterocycles. The highest BCUT2D eigenvalue weighted by atomic mass is 32.1. The maximum Gasteiger partial charge on any atom is 0.338 e. The number of ether oxygens (including phenoxy) is 2. The molecule has 4 aromatic rings. The second kappa shape index (κ2) is 10.1. The summed E-state index contributed by atoms with van der Waals surface area (Å²) in [5.41, 5.74) is 3.54. The summed E-state index contributed by atoms with van der Waals surface area (Å²) in [7, 11) is 1.66. The van der Waals surface area contributed by atoms with E-state index in [0.717, 1.165) is 32.4 Å². The van der Waals surface area contributed by atoms with Gasteiger partial charge in [-0.05, 0) is 61.0 Å².